The quantitative estimate of drug-likeness (QED) is 0.864. The van der Waals surface area contributed by atoms with E-state index in [1.165, 1.54) is 31.3 Å². The summed E-state index contributed by atoms with van der Waals surface area (Å²) < 4.78 is 16.2. The molecule has 0 atom stereocenters. The summed E-state index contributed by atoms with van der Waals surface area (Å²) in [4.78, 5) is 10.6. The van der Waals surface area contributed by atoms with Crippen LogP contribution in [0, 0.1) is 11.7 Å². The third kappa shape index (κ3) is 2.96. The molecule has 0 spiro atoms. The van der Waals surface area contributed by atoms with Crippen molar-refractivity contribution < 1.29 is 4.39 Å². The highest BCUT2D eigenvalue weighted by molar-refractivity contribution is 5.46. The fraction of sp³-hybridized carbons (Fsp3) is 0.556. The van der Waals surface area contributed by atoms with Gasteiger partial charge in [-0.3, -0.25) is 4.98 Å². The van der Waals surface area contributed by atoms with Crippen molar-refractivity contribution in [2.24, 2.45) is 5.92 Å². The minimum absolute atomic E-state index is 0.225. The Morgan fingerprint density at radius 3 is 2.65 bits per heavy atom. The van der Waals surface area contributed by atoms with Gasteiger partial charge in [0.05, 0.1) is 11.9 Å². The first-order valence-electron chi connectivity index (χ1n) is 8.67. The zero-order valence-electron chi connectivity index (χ0n) is 13.4. The van der Waals surface area contributed by atoms with Gasteiger partial charge in [-0.25, -0.2) is 9.37 Å². The maximum atomic E-state index is 13.9. The molecule has 122 valence electrons. The van der Waals surface area contributed by atoms with Crippen LogP contribution in [0.4, 0.5) is 10.1 Å². The van der Waals surface area contributed by atoms with Crippen molar-refractivity contribution in [1.29, 1.82) is 0 Å². The van der Waals surface area contributed by atoms with E-state index in [1.54, 1.807) is 12.3 Å². The van der Waals surface area contributed by atoms with Gasteiger partial charge in [0.15, 0.2) is 5.82 Å². The van der Waals surface area contributed by atoms with E-state index in [9.17, 15) is 4.39 Å². The molecule has 23 heavy (non-hydrogen) atoms. The molecule has 0 aromatic carbocycles. The number of halogens is 1. The molecule has 3 heterocycles. The number of pyridine rings is 1. The molecule has 0 N–H and O–H groups in total. The van der Waals surface area contributed by atoms with Crippen molar-refractivity contribution in [2.45, 2.75) is 44.6 Å². The minimum atomic E-state index is -0.225. The molecule has 2 aromatic rings. The normalized spacial score (nSPS) is 19.8. The van der Waals surface area contributed by atoms with Gasteiger partial charge >= 0.3 is 0 Å². The zero-order chi connectivity index (χ0) is 15.6. The van der Waals surface area contributed by atoms with E-state index in [2.05, 4.69) is 25.6 Å². The Labute approximate surface area is 136 Å². The molecule has 0 bridgehead atoms. The van der Waals surface area contributed by atoms with Crippen LogP contribution in [0.5, 0.6) is 0 Å². The van der Waals surface area contributed by atoms with E-state index in [0.29, 0.717) is 11.6 Å². The van der Waals surface area contributed by atoms with E-state index in [0.717, 1.165) is 38.4 Å². The van der Waals surface area contributed by atoms with Gasteiger partial charge in [0.2, 0.25) is 0 Å². The Bertz CT molecular complexity index is 657. The average Bonchev–Trinajstić information content (AvgIpc) is 3.00. The molecule has 0 radical (unpaired) electrons. The second kappa shape index (κ2) is 6.30. The Morgan fingerprint density at radius 1 is 1.13 bits per heavy atom. The maximum absolute atomic E-state index is 13.9. The molecule has 1 aliphatic carbocycles. The van der Waals surface area contributed by atoms with Crippen molar-refractivity contribution >= 4 is 5.69 Å². The lowest BCUT2D eigenvalue weighted by atomic mass is 9.85. The van der Waals surface area contributed by atoms with E-state index < -0.39 is 0 Å². The van der Waals surface area contributed by atoms with Crippen molar-refractivity contribution in [3.63, 3.8) is 0 Å². The molecule has 2 aromatic heterocycles. The average molecular weight is 314 g/mol. The number of aromatic nitrogens is 3. The van der Waals surface area contributed by atoms with E-state index in [4.69, 9.17) is 0 Å². The first-order chi connectivity index (χ1) is 11.3. The van der Waals surface area contributed by atoms with Crippen LogP contribution >= 0.6 is 0 Å². The number of imidazole rings is 1. The number of hydrogen-bond acceptors (Lipinski definition) is 3. The van der Waals surface area contributed by atoms with Gasteiger partial charge in [-0.05, 0) is 37.7 Å². The van der Waals surface area contributed by atoms with Crippen molar-refractivity contribution in [3.8, 4) is 0 Å². The van der Waals surface area contributed by atoms with Gasteiger partial charge in [-0.2, -0.15) is 0 Å². The summed E-state index contributed by atoms with van der Waals surface area (Å²) in [5, 5.41) is 0. The predicted octanol–water partition coefficient (Wildman–Crippen LogP) is 3.60. The molecular weight excluding hydrogens is 291 g/mol. The Balaban J connectivity index is 1.42. The van der Waals surface area contributed by atoms with E-state index in [1.807, 2.05) is 6.20 Å². The van der Waals surface area contributed by atoms with Crippen LogP contribution in [0.15, 0.2) is 30.9 Å². The lowest BCUT2D eigenvalue weighted by Crippen LogP contribution is -2.34. The highest BCUT2D eigenvalue weighted by atomic mass is 19.1. The number of anilines is 1. The Kier molecular flexibility index (Phi) is 4.02. The second-order valence-corrected chi connectivity index (χ2v) is 6.82. The number of piperidine rings is 1. The van der Waals surface area contributed by atoms with Crippen LogP contribution in [-0.2, 0) is 6.54 Å². The van der Waals surface area contributed by atoms with E-state index in [-0.39, 0.29) is 5.82 Å². The van der Waals surface area contributed by atoms with Crippen molar-refractivity contribution in [1.82, 2.24) is 14.5 Å². The SMILES string of the molecule is Fc1cnccc1N1CCC(c2nccn2CC2CCC2)CC1. The number of rotatable bonds is 4. The van der Waals surface area contributed by atoms with Gasteiger partial charge in [-0.1, -0.05) is 6.42 Å². The van der Waals surface area contributed by atoms with Gasteiger partial charge in [0.1, 0.15) is 5.82 Å². The molecule has 2 aliphatic rings. The minimum Gasteiger partial charge on any atom is -0.369 e. The summed E-state index contributed by atoms with van der Waals surface area (Å²) in [6, 6.07) is 1.77. The van der Waals surface area contributed by atoms with Gasteiger partial charge < -0.3 is 9.47 Å². The Hall–Kier alpha value is -1.91. The van der Waals surface area contributed by atoms with E-state index >= 15 is 0 Å². The van der Waals surface area contributed by atoms with Crippen LogP contribution in [0.3, 0.4) is 0 Å². The number of hydrogen-bond donors (Lipinski definition) is 0. The lowest BCUT2D eigenvalue weighted by Gasteiger charge is -2.34. The third-order valence-electron chi connectivity index (χ3n) is 5.38. The summed E-state index contributed by atoms with van der Waals surface area (Å²) in [7, 11) is 0. The predicted molar refractivity (Wildman–Crippen MR) is 88.0 cm³/mol. The maximum Gasteiger partial charge on any atom is 0.164 e. The monoisotopic (exact) mass is 314 g/mol. The molecule has 0 amide bonds. The van der Waals surface area contributed by atoms with Crippen LogP contribution in [0.25, 0.3) is 0 Å². The fourth-order valence-corrected chi connectivity index (χ4v) is 3.79. The molecule has 1 saturated carbocycles. The number of nitrogens with zero attached hydrogens (tertiary/aromatic N) is 4. The first-order valence-corrected chi connectivity index (χ1v) is 8.67. The highest BCUT2D eigenvalue weighted by Crippen LogP contribution is 2.33. The zero-order valence-corrected chi connectivity index (χ0v) is 13.4. The van der Waals surface area contributed by atoms with Crippen LogP contribution in [0.1, 0.15) is 43.8 Å². The molecule has 0 unspecified atom stereocenters. The smallest absolute Gasteiger partial charge is 0.164 e. The van der Waals surface area contributed by atoms with Crippen molar-refractivity contribution in [2.75, 3.05) is 18.0 Å². The standard InChI is InChI=1S/C18H23FN4/c19-16-12-20-7-4-17(16)22-9-5-15(6-10-22)18-21-8-11-23(18)13-14-2-1-3-14/h4,7-8,11-12,14-15H,1-3,5-6,9-10,13H2. The second-order valence-electron chi connectivity index (χ2n) is 6.82. The van der Waals surface area contributed by atoms with Gasteiger partial charge in [0.25, 0.3) is 0 Å². The first kappa shape index (κ1) is 14.7. The fourth-order valence-electron chi connectivity index (χ4n) is 3.79. The van der Waals surface area contributed by atoms with Gasteiger partial charge in [-0.15, -0.1) is 0 Å². The summed E-state index contributed by atoms with van der Waals surface area (Å²) >= 11 is 0. The molecule has 4 nitrogen and oxygen atoms in total. The Morgan fingerprint density at radius 2 is 1.96 bits per heavy atom. The van der Waals surface area contributed by atoms with Crippen LogP contribution < -0.4 is 4.90 Å². The molecule has 1 saturated heterocycles. The van der Waals surface area contributed by atoms with Crippen LogP contribution in [-0.4, -0.2) is 27.6 Å². The lowest BCUT2D eigenvalue weighted by molar-refractivity contribution is 0.270. The molecule has 1 aliphatic heterocycles. The summed E-state index contributed by atoms with van der Waals surface area (Å²) in [5.41, 5.74) is 0.677. The molecule has 4 rings (SSSR count). The van der Waals surface area contributed by atoms with Crippen LogP contribution in [0.2, 0.25) is 0 Å². The largest absolute Gasteiger partial charge is 0.369 e. The summed E-state index contributed by atoms with van der Waals surface area (Å²) in [5.74, 6) is 2.34. The van der Waals surface area contributed by atoms with Crippen molar-refractivity contribution in [3.05, 3.63) is 42.5 Å². The highest BCUT2D eigenvalue weighted by Gasteiger charge is 2.26. The molecule has 5 heteroatoms. The molecular formula is C18H23FN4. The third-order valence-corrected chi connectivity index (χ3v) is 5.38. The molecule has 2 fully saturated rings. The summed E-state index contributed by atoms with van der Waals surface area (Å²) in [6.45, 7) is 2.87. The topological polar surface area (TPSA) is 34.0 Å². The summed E-state index contributed by atoms with van der Waals surface area (Å²) in [6.07, 6.45) is 13.2. The van der Waals surface area contributed by atoms with Gasteiger partial charge in [0, 0.05) is 44.1 Å².